The zero-order valence-electron chi connectivity index (χ0n) is 28.9. The van der Waals surface area contributed by atoms with Crippen molar-refractivity contribution >= 4 is 54.5 Å². The van der Waals surface area contributed by atoms with Gasteiger partial charge in [0.1, 0.15) is 22.2 Å². The Hall–Kier alpha value is -7.44. The lowest BCUT2D eigenvalue weighted by molar-refractivity contribution is 0.669. The molecule has 252 valence electrons. The van der Waals surface area contributed by atoms with Crippen LogP contribution in [0.25, 0.3) is 105 Å². The van der Waals surface area contributed by atoms with E-state index in [4.69, 9.17) is 24.6 Å². The van der Waals surface area contributed by atoms with Gasteiger partial charge in [-0.1, -0.05) is 121 Å². The first-order valence-electron chi connectivity index (χ1n) is 18.0. The molecule has 0 amide bonds. The maximum absolute atomic E-state index is 6.17. The lowest BCUT2D eigenvalue weighted by atomic mass is 9.96. The van der Waals surface area contributed by atoms with Gasteiger partial charge in [-0.15, -0.1) is 10.2 Å². The minimum atomic E-state index is 0.651. The smallest absolute Gasteiger partial charge is 0.160 e. The second-order valence-corrected chi connectivity index (χ2v) is 13.5. The summed E-state index contributed by atoms with van der Waals surface area (Å²) in [5.74, 6) is 0.651. The molecule has 0 atom stereocenters. The number of hydrogen-bond donors (Lipinski definition) is 0. The second-order valence-electron chi connectivity index (χ2n) is 13.5. The van der Waals surface area contributed by atoms with E-state index in [1.54, 1.807) is 4.80 Å². The van der Waals surface area contributed by atoms with E-state index in [9.17, 15) is 0 Å². The first-order chi connectivity index (χ1) is 26.7. The van der Waals surface area contributed by atoms with Gasteiger partial charge in [0.2, 0.25) is 0 Å². The molecule has 0 aliphatic heterocycles. The Kier molecular flexibility index (Phi) is 6.75. The van der Waals surface area contributed by atoms with E-state index in [-0.39, 0.29) is 0 Å². The quantitative estimate of drug-likeness (QED) is 0.168. The van der Waals surface area contributed by atoms with Gasteiger partial charge in [0, 0.05) is 32.8 Å². The van der Waals surface area contributed by atoms with E-state index >= 15 is 0 Å². The predicted octanol–water partition coefficient (Wildman–Crippen LogP) is 12.1. The molecule has 0 radical (unpaired) electrons. The van der Waals surface area contributed by atoms with Crippen molar-refractivity contribution in [1.82, 2.24) is 25.0 Å². The Labute approximate surface area is 309 Å². The fourth-order valence-electron chi connectivity index (χ4n) is 7.67. The molecule has 8 aromatic carbocycles. The molecule has 6 nitrogen and oxygen atoms in total. The summed E-state index contributed by atoms with van der Waals surface area (Å²) in [7, 11) is 0. The molecule has 54 heavy (non-hydrogen) atoms. The number of aromatic nitrogens is 5. The van der Waals surface area contributed by atoms with Gasteiger partial charge in [-0.2, -0.15) is 4.80 Å². The van der Waals surface area contributed by atoms with Gasteiger partial charge in [0.25, 0.3) is 0 Å². The summed E-state index contributed by atoms with van der Waals surface area (Å²) in [5, 5.41) is 16.3. The molecular formula is C48H29N5O. The summed E-state index contributed by atoms with van der Waals surface area (Å²) in [6.07, 6.45) is 0. The van der Waals surface area contributed by atoms with Gasteiger partial charge >= 0.3 is 0 Å². The van der Waals surface area contributed by atoms with Crippen molar-refractivity contribution in [3.05, 3.63) is 176 Å². The van der Waals surface area contributed by atoms with Crippen LogP contribution >= 0.6 is 0 Å². The molecule has 0 aliphatic rings. The maximum Gasteiger partial charge on any atom is 0.160 e. The summed E-state index contributed by atoms with van der Waals surface area (Å²) in [4.78, 5) is 12.3. The number of rotatable bonds is 5. The molecule has 3 aromatic heterocycles. The zero-order chi connectivity index (χ0) is 35.6. The zero-order valence-corrected chi connectivity index (χ0v) is 28.9. The number of furan rings is 1. The molecule has 0 saturated heterocycles. The number of benzene rings is 8. The van der Waals surface area contributed by atoms with Crippen LogP contribution in [0.3, 0.4) is 0 Å². The Morgan fingerprint density at radius 2 is 1.13 bits per heavy atom. The Bertz CT molecular complexity index is 3220. The highest BCUT2D eigenvalue weighted by molar-refractivity contribution is 6.18. The van der Waals surface area contributed by atoms with E-state index in [2.05, 4.69) is 109 Å². The highest BCUT2D eigenvalue weighted by atomic mass is 16.3. The van der Waals surface area contributed by atoms with E-state index < -0.39 is 0 Å². The van der Waals surface area contributed by atoms with Crippen LogP contribution in [0.4, 0.5) is 0 Å². The fourth-order valence-corrected chi connectivity index (χ4v) is 7.67. The van der Waals surface area contributed by atoms with Crippen LogP contribution < -0.4 is 0 Å². The van der Waals surface area contributed by atoms with Crippen LogP contribution in [0.1, 0.15) is 0 Å². The number of nitrogens with zero attached hydrogens (tertiary/aromatic N) is 5. The fraction of sp³-hybridized carbons (Fsp3) is 0. The standard InChI is InChI=1S/C48H29N5O/c1-3-11-30(12-4-1)36-15-7-8-16-38(36)43-29-42(33-23-26-45-40(28-33)39-17-9-10-18-44(39)54-45)49-48(50-43)34-21-24-37-32(27-34)20-19-31-22-25-41-47(46(31)37)52-53(51-41)35-13-5-2-6-14-35/h1-29H. The summed E-state index contributed by atoms with van der Waals surface area (Å²) in [5.41, 5.74) is 11.3. The van der Waals surface area contributed by atoms with Crippen LogP contribution in [0.5, 0.6) is 0 Å². The largest absolute Gasteiger partial charge is 0.456 e. The van der Waals surface area contributed by atoms with Crippen LogP contribution in [0.15, 0.2) is 180 Å². The number of hydrogen-bond acceptors (Lipinski definition) is 5. The van der Waals surface area contributed by atoms with Gasteiger partial charge in [0.05, 0.1) is 17.1 Å². The molecule has 0 bridgehead atoms. The normalized spacial score (nSPS) is 11.7. The molecule has 0 aliphatic carbocycles. The number of fused-ring (bicyclic) bond motifs is 8. The van der Waals surface area contributed by atoms with Crippen LogP contribution in [0.2, 0.25) is 0 Å². The second kappa shape index (κ2) is 12.1. The summed E-state index contributed by atoms with van der Waals surface area (Å²) >= 11 is 0. The van der Waals surface area contributed by atoms with E-state index in [0.29, 0.717) is 5.82 Å². The van der Waals surface area contributed by atoms with Crippen LogP contribution in [-0.4, -0.2) is 25.0 Å². The molecule has 0 fully saturated rings. The molecule has 11 aromatic rings. The molecule has 3 heterocycles. The first kappa shape index (κ1) is 30.2. The van der Waals surface area contributed by atoms with Crippen molar-refractivity contribution in [2.45, 2.75) is 0 Å². The van der Waals surface area contributed by atoms with Crippen molar-refractivity contribution in [3.63, 3.8) is 0 Å². The van der Waals surface area contributed by atoms with Crippen molar-refractivity contribution in [3.8, 4) is 50.7 Å². The third-order valence-corrected chi connectivity index (χ3v) is 10.3. The first-order valence-corrected chi connectivity index (χ1v) is 18.0. The van der Waals surface area contributed by atoms with Crippen molar-refractivity contribution in [2.24, 2.45) is 0 Å². The highest BCUT2D eigenvalue weighted by Gasteiger charge is 2.17. The van der Waals surface area contributed by atoms with Crippen molar-refractivity contribution in [2.75, 3.05) is 0 Å². The van der Waals surface area contributed by atoms with E-state index in [1.165, 1.54) is 0 Å². The molecule has 0 saturated carbocycles. The monoisotopic (exact) mass is 691 g/mol. The predicted molar refractivity (Wildman–Crippen MR) is 218 cm³/mol. The molecule has 0 unspecified atom stereocenters. The van der Waals surface area contributed by atoms with Crippen LogP contribution in [-0.2, 0) is 0 Å². The Morgan fingerprint density at radius 3 is 2.02 bits per heavy atom. The Balaban J connectivity index is 1.11. The van der Waals surface area contributed by atoms with Gasteiger partial charge in [-0.25, -0.2) is 9.97 Å². The lowest BCUT2D eigenvalue weighted by Gasteiger charge is -2.13. The highest BCUT2D eigenvalue weighted by Crippen LogP contribution is 2.38. The third-order valence-electron chi connectivity index (χ3n) is 10.3. The summed E-state index contributed by atoms with van der Waals surface area (Å²) < 4.78 is 6.17. The van der Waals surface area contributed by atoms with Gasteiger partial charge < -0.3 is 4.42 Å². The molecule has 11 rings (SSSR count). The maximum atomic E-state index is 6.17. The summed E-state index contributed by atoms with van der Waals surface area (Å²) in [6, 6.07) is 60.5. The topological polar surface area (TPSA) is 69.6 Å². The van der Waals surface area contributed by atoms with Gasteiger partial charge in [-0.3, -0.25) is 0 Å². The van der Waals surface area contributed by atoms with E-state index in [0.717, 1.165) is 99.4 Å². The molecular weight excluding hydrogens is 663 g/mol. The Morgan fingerprint density at radius 1 is 0.426 bits per heavy atom. The minimum Gasteiger partial charge on any atom is -0.456 e. The summed E-state index contributed by atoms with van der Waals surface area (Å²) in [6.45, 7) is 0. The van der Waals surface area contributed by atoms with Crippen LogP contribution in [0, 0.1) is 0 Å². The van der Waals surface area contributed by atoms with E-state index in [1.807, 2.05) is 66.7 Å². The van der Waals surface area contributed by atoms with Gasteiger partial charge in [0.15, 0.2) is 5.82 Å². The molecule has 0 N–H and O–H groups in total. The lowest BCUT2D eigenvalue weighted by Crippen LogP contribution is -1.97. The third kappa shape index (κ3) is 4.96. The molecule has 0 spiro atoms. The minimum absolute atomic E-state index is 0.651. The average molecular weight is 692 g/mol. The number of para-hydroxylation sites is 2. The van der Waals surface area contributed by atoms with Crippen molar-refractivity contribution in [1.29, 1.82) is 0 Å². The van der Waals surface area contributed by atoms with Crippen molar-refractivity contribution < 1.29 is 4.42 Å². The van der Waals surface area contributed by atoms with Gasteiger partial charge in [-0.05, 0) is 81.9 Å². The molecule has 6 heteroatoms. The average Bonchev–Trinajstić information content (AvgIpc) is 3.86. The SMILES string of the molecule is c1ccc(-c2ccccc2-c2cc(-c3ccc4oc5ccccc5c4c3)nc(-c3ccc4c(ccc5ccc6nn(-c7ccccc7)nc6c54)c3)n2)cc1.